The molecule has 0 heterocycles. The molecule has 3 nitrogen and oxygen atoms in total. The van der Waals surface area contributed by atoms with Gasteiger partial charge in [0.15, 0.2) is 0 Å². The molecule has 0 aliphatic carbocycles. The van der Waals surface area contributed by atoms with Gasteiger partial charge in [0.25, 0.3) is 0 Å². The number of ether oxygens (including phenoxy) is 1. The fourth-order valence-corrected chi connectivity index (χ4v) is 1.99. The van der Waals surface area contributed by atoms with E-state index in [9.17, 15) is 0 Å². The van der Waals surface area contributed by atoms with Gasteiger partial charge in [0.1, 0.15) is 5.75 Å². The number of methoxy groups -OCH3 is 1. The highest BCUT2D eigenvalue weighted by Crippen LogP contribution is 2.21. The molecule has 1 aromatic carbocycles. The van der Waals surface area contributed by atoms with Gasteiger partial charge in [-0.25, -0.2) is 0 Å². The van der Waals surface area contributed by atoms with E-state index in [-0.39, 0.29) is 0 Å². The van der Waals surface area contributed by atoms with Crippen molar-refractivity contribution < 1.29 is 4.74 Å². The number of hydrogen-bond acceptors (Lipinski definition) is 3. The van der Waals surface area contributed by atoms with Crippen molar-refractivity contribution in [3.05, 3.63) is 29.3 Å². The third kappa shape index (κ3) is 4.67. The minimum Gasteiger partial charge on any atom is -0.496 e. The Morgan fingerprint density at radius 1 is 1.28 bits per heavy atom. The SMILES string of the molecule is CCNCCN(C)Cc1cc(CC)ccc1OC. The standard InChI is InChI=1S/C15H26N2O/c1-5-13-7-8-15(18-4)14(11-13)12-17(3)10-9-16-6-2/h7-8,11,16H,5-6,9-10,12H2,1-4H3. The summed E-state index contributed by atoms with van der Waals surface area (Å²) in [5.74, 6) is 0.988. The lowest BCUT2D eigenvalue weighted by Crippen LogP contribution is -2.28. The molecule has 0 amide bonds. The maximum Gasteiger partial charge on any atom is 0.123 e. The van der Waals surface area contributed by atoms with Crippen LogP contribution >= 0.6 is 0 Å². The highest BCUT2D eigenvalue weighted by molar-refractivity contribution is 5.37. The Labute approximate surface area is 111 Å². The summed E-state index contributed by atoms with van der Waals surface area (Å²) in [5, 5.41) is 3.34. The van der Waals surface area contributed by atoms with E-state index < -0.39 is 0 Å². The first-order valence-corrected chi connectivity index (χ1v) is 6.76. The van der Waals surface area contributed by atoms with E-state index in [1.54, 1.807) is 7.11 Å². The molecular formula is C15H26N2O. The number of likely N-dealkylation sites (N-methyl/N-ethyl adjacent to an activating group) is 2. The summed E-state index contributed by atoms with van der Waals surface area (Å²) in [5.41, 5.74) is 2.64. The average Bonchev–Trinajstić information content (AvgIpc) is 2.39. The van der Waals surface area contributed by atoms with E-state index in [4.69, 9.17) is 4.74 Å². The number of aryl methyl sites for hydroxylation is 1. The van der Waals surface area contributed by atoms with E-state index in [2.05, 4.69) is 49.3 Å². The van der Waals surface area contributed by atoms with Crippen LogP contribution in [0, 0.1) is 0 Å². The molecule has 0 fully saturated rings. The van der Waals surface area contributed by atoms with Gasteiger partial charge in [-0.1, -0.05) is 26.0 Å². The van der Waals surface area contributed by atoms with Crippen molar-refractivity contribution in [3.8, 4) is 5.75 Å². The maximum atomic E-state index is 5.43. The van der Waals surface area contributed by atoms with Crippen LogP contribution in [0.2, 0.25) is 0 Å². The van der Waals surface area contributed by atoms with Gasteiger partial charge in [0, 0.05) is 25.2 Å². The van der Waals surface area contributed by atoms with Crippen LogP contribution in [0.15, 0.2) is 18.2 Å². The largest absolute Gasteiger partial charge is 0.496 e. The van der Waals surface area contributed by atoms with Gasteiger partial charge >= 0.3 is 0 Å². The first-order chi connectivity index (χ1) is 8.71. The second-order valence-corrected chi connectivity index (χ2v) is 4.59. The van der Waals surface area contributed by atoms with Gasteiger partial charge in [-0.15, -0.1) is 0 Å². The van der Waals surface area contributed by atoms with Crippen molar-refractivity contribution >= 4 is 0 Å². The summed E-state index contributed by atoms with van der Waals surface area (Å²) in [6.07, 6.45) is 1.07. The minimum absolute atomic E-state index is 0.933. The number of hydrogen-bond donors (Lipinski definition) is 1. The monoisotopic (exact) mass is 250 g/mol. The highest BCUT2D eigenvalue weighted by Gasteiger charge is 2.07. The molecule has 0 bridgehead atoms. The van der Waals surface area contributed by atoms with Gasteiger partial charge < -0.3 is 15.0 Å². The lowest BCUT2D eigenvalue weighted by Gasteiger charge is -2.19. The first-order valence-electron chi connectivity index (χ1n) is 6.76. The summed E-state index contributed by atoms with van der Waals surface area (Å²) in [6, 6.07) is 6.47. The van der Waals surface area contributed by atoms with Crippen molar-refractivity contribution in [2.45, 2.75) is 26.8 Å². The van der Waals surface area contributed by atoms with E-state index in [1.807, 2.05) is 0 Å². The van der Waals surface area contributed by atoms with Crippen molar-refractivity contribution in [2.24, 2.45) is 0 Å². The van der Waals surface area contributed by atoms with Gasteiger partial charge in [0.05, 0.1) is 7.11 Å². The third-order valence-electron chi connectivity index (χ3n) is 3.11. The molecule has 0 unspecified atom stereocenters. The second-order valence-electron chi connectivity index (χ2n) is 4.59. The number of nitrogens with one attached hydrogen (secondary N) is 1. The Kier molecular flexibility index (Phi) is 6.76. The van der Waals surface area contributed by atoms with Crippen LogP contribution in [-0.4, -0.2) is 38.7 Å². The van der Waals surface area contributed by atoms with Gasteiger partial charge in [-0.2, -0.15) is 0 Å². The zero-order chi connectivity index (χ0) is 13.4. The van der Waals surface area contributed by atoms with E-state index in [0.29, 0.717) is 0 Å². The molecule has 0 aromatic heterocycles. The lowest BCUT2D eigenvalue weighted by atomic mass is 10.1. The van der Waals surface area contributed by atoms with Crippen molar-refractivity contribution in [1.82, 2.24) is 10.2 Å². The molecule has 1 aromatic rings. The molecule has 102 valence electrons. The van der Waals surface area contributed by atoms with E-state index >= 15 is 0 Å². The molecular weight excluding hydrogens is 224 g/mol. The fourth-order valence-electron chi connectivity index (χ4n) is 1.99. The Bertz CT molecular complexity index is 352. The van der Waals surface area contributed by atoms with Crippen LogP contribution in [-0.2, 0) is 13.0 Å². The summed E-state index contributed by atoms with van der Waals surface area (Å²) >= 11 is 0. The predicted octanol–water partition coefficient (Wildman–Crippen LogP) is 2.30. The van der Waals surface area contributed by atoms with Gasteiger partial charge in [-0.05, 0) is 31.6 Å². The summed E-state index contributed by atoms with van der Waals surface area (Å²) in [4.78, 5) is 2.32. The molecule has 0 saturated heterocycles. The molecule has 0 spiro atoms. The average molecular weight is 250 g/mol. The topological polar surface area (TPSA) is 24.5 Å². The highest BCUT2D eigenvalue weighted by atomic mass is 16.5. The van der Waals surface area contributed by atoms with E-state index in [0.717, 1.165) is 38.3 Å². The Balaban J connectivity index is 2.63. The Morgan fingerprint density at radius 2 is 2.06 bits per heavy atom. The third-order valence-corrected chi connectivity index (χ3v) is 3.11. The molecule has 0 aliphatic heterocycles. The zero-order valence-corrected chi connectivity index (χ0v) is 12.1. The Hall–Kier alpha value is -1.06. The van der Waals surface area contributed by atoms with Crippen LogP contribution in [0.1, 0.15) is 25.0 Å². The van der Waals surface area contributed by atoms with Crippen LogP contribution < -0.4 is 10.1 Å². The molecule has 1 N–H and O–H groups in total. The molecule has 0 radical (unpaired) electrons. The molecule has 0 saturated carbocycles. The van der Waals surface area contributed by atoms with Crippen LogP contribution in [0.5, 0.6) is 5.75 Å². The molecule has 1 rings (SSSR count). The second kappa shape index (κ2) is 8.11. The molecule has 0 atom stereocenters. The van der Waals surface area contributed by atoms with Crippen molar-refractivity contribution in [2.75, 3.05) is 33.8 Å². The lowest BCUT2D eigenvalue weighted by molar-refractivity contribution is 0.316. The van der Waals surface area contributed by atoms with Gasteiger partial charge in [0.2, 0.25) is 0 Å². The quantitative estimate of drug-likeness (QED) is 0.717. The summed E-state index contributed by atoms with van der Waals surface area (Å²) < 4.78 is 5.43. The van der Waals surface area contributed by atoms with Gasteiger partial charge in [-0.3, -0.25) is 0 Å². The summed E-state index contributed by atoms with van der Waals surface area (Å²) in [6.45, 7) is 8.36. The summed E-state index contributed by atoms with van der Waals surface area (Å²) in [7, 11) is 3.89. The Morgan fingerprint density at radius 3 is 2.67 bits per heavy atom. The normalized spacial score (nSPS) is 10.9. The maximum absolute atomic E-state index is 5.43. The van der Waals surface area contributed by atoms with Crippen molar-refractivity contribution in [3.63, 3.8) is 0 Å². The molecule has 0 aliphatic rings. The molecule has 3 heteroatoms. The number of nitrogens with zero attached hydrogens (tertiary/aromatic N) is 1. The predicted molar refractivity (Wildman–Crippen MR) is 77.2 cm³/mol. The van der Waals surface area contributed by atoms with Crippen molar-refractivity contribution in [1.29, 1.82) is 0 Å². The van der Waals surface area contributed by atoms with Crippen LogP contribution in [0.4, 0.5) is 0 Å². The number of rotatable bonds is 8. The van der Waals surface area contributed by atoms with Crippen LogP contribution in [0.25, 0.3) is 0 Å². The zero-order valence-electron chi connectivity index (χ0n) is 12.1. The van der Waals surface area contributed by atoms with Crippen LogP contribution in [0.3, 0.4) is 0 Å². The first kappa shape index (κ1) is 15.0. The smallest absolute Gasteiger partial charge is 0.123 e. The molecule has 18 heavy (non-hydrogen) atoms. The fraction of sp³-hybridized carbons (Fsp3) is 0.600. The van der Waals surface area contributed by atoms with E-state index in [1.165, 1.54) is 11.1 Å². The minimum atomic E-state index is 0.933. The number of benzene rings is 1.